The molecule has 0 radical (unpaired) electrons. The fourth-order valence-corrected chi connectivity index (χ4v) is 4.38. The molecule has 3 aromatic rings. The highest BCUT2D eigenvalue weighted by Crippen LogP contribution is 2.37. The molecule has 0 saturated carbocycles. The Labute approximate surface area is 150 Å². The summed E-state index contributed by atoms with van der Waals surface area (Å²) in [7, 11) is -3.84. The van der Waals surface area contributed by atoms with Crippen molar-refractivity contribution in [3.8, 4) is 5.75 Å². The summed E-state index contributed by atoms with van der Waals surface area (Å²) in [4.78, 5) is 12.1. The summed E-state index contributed by atoms with van der Waals surface area (Å²) in [6.45, 7) is 2.35. The van der Waals surface area contributed by atoms with E-state index in [2.05, 4.69) is 10.0 Å². The van der Waals surface area contributed by atoms with Gasteiger partial charge in [-0.15, -0.1) is 0 Å². The number of carbonyl (C=O) groups is 1. The van der Waals surface area contributed by atoms with Crippen molar-refractivity contribution < 1.29 is 17.9 Å². The number of amides is 1. The van der Waals surface area contributed by atoms with Gasteiger partial charge in [0.15, 0.2) is 0 Å². The molecule has 0 aliphatic carbocycles. The van der Waals surface area contributed by atoms with E-state index in [4.69, 9.17) is 4.74 Å². The molecule has 2 N–H and O–H groups in total. The van der Waals surface area contributed by atoms with Gasteiger partial charge >= 0.3 is 0 Å². The highest BCUT2D eigenvalue weighted by Gasteiger charge is 2.26. The van der Waals surface area contributed by atoms with Gasteiger partial charge in [0.2, 0.25) is 0 Å². The monoisotopic (exact) mass is 368 g/mol. The molecule has 3 aromatic carbocycles. The van der Waals surface area contributed by atoms with E-state index in [1.165, 1.54) is 6.07 Å². The topological polar surface area (TPSA) is 84.5 Å². The number of benzene rings is 3. The summed E-state index contributed by atoms with van der Waals surface area (Å²) in [5, 5.41) is 3.88. The summed E-state index contributed by atoms with van der Waals surface area (Å²) in [6.07, 6.45) is 0. The van der Waals surface area contributed by atoms with Gasteiger partial charge in [0, 0.05) is 28.1 Å². The molecular weight excluding hydrogens is 352 g/mol. The van der Waals surface area contributed by atoms with Gasteiger partial charge in [-0.05, 0) is 37.3 Å². The van der Waals surface area contributed by atoms with Crippen LogP contribution < -0.4 is 14.8 Å². The second-order valence-electron chi connectivity index (χ2n) is 5.86. The number of ether oxygens (including phenoxy) is 1. The van der Waals surface area contributed by atoms with Gasteiger partial charge in [0.05, 0.1) is 17.2 Å². The third-order valence-electron chi connectivity index (χ3n) is 4.18. The predicted molar refractivity (Wildman–Crippen MR) is 100 cm³/mol. The smallest absolute Gasteiger partial charge is 0.262 e. The van der Waals surface area contributed by atoms with Crippen LogP contribution in [0.4, 0.5) is 11.4 Å². The van der Waals surface area contributed by atoms with E-state index in [-0.39, 0.29) is 10.8 Å². The average Bonchev–Trinajstić information content (AvgIpc) is 2.93. The van der Waals surface area contributed by atoms with Crippen LogP contribution >= 0.6 is 0 Å². The van der Waals surface area contributed by atoms with Crippen LogP contribution in [0, 0.1) is 0 Å². The third kappa shape index (κ3) is 2.66. The standard InChI is InChI=1S/C19H16N2O4S/c1-2-25-13-6-3-5-12(11-13)21-26(23,24)17-10-9-16-18-14(17)7-4-8-15(18)19(22)20-16/h3-11,21H,2H2,1H3,(H,20,22). The molecule has 0 spiro atoms. The maximum absolute atomic E-state index is 13.0. The van der Waals surface area contributed by atoms with Crippen LogP contribution in [0.25, 0.3) is 10.8 Å². The predicted octanol–water partition coefficient (Wildman–Crippen LogP) is 3.61. The largest absolute Gasteiger partial charge is 0.494 e. The van der Waals surface area contributed by atoms with E-state index in [0.717, 1.165) is 0 Å². The molecule has 1 aliphatic heterocycles. The number of anilines is 2. The zero-order chi connectivity index (χ0) is 18.3. The van der Waals surface area contributed by atoms with Crippen LogP contribution in [0.2, 0.25) is 0 Å². The van der Waals surface area contributed by atoms with Crippen LogP contribution in [-0.4, -0.2) is 20.9 Å². The molecule has 0 atom stereocenters. The Morgan fingerprint density at radius 3 is 2.69 bits per heavy atom. The molecule has 0 saturated heterocycles. The first-order valence-corrected chi connectivity index (χ1v) is 9.60. The van der Waals surface area contributed by atoms with Crippen molar-refractivity contribution in [3.05, 3.63) is 60.2 Å². The molecule has 132 valence electrons. The number of hydrogen-bond acceptors (Lipinski definition) is 4. The van der Waals surface area contributed by atoms with Gasteiger partial charge in [-0.25, -0.2) is 8.42 Å². The number of hydrogen-bond donors (Lipinski definition) is 2. The van der Waals surface area contributed by atoms with Gasteiger partial charge in [0.1, 0.15) is 5.75 Å². The zero-order valence-corrected chi connectivity index (χ0v) is 14.8. The second kappa shape index (κ2) is 6.03. The Hall–Kier alpha value is -3.06. The maximum Gasteiger partial charge on any atom is 0.262 e. The number of sulfonamides is 1. The lowest BCUT2D eigenvalue weighted by atomic mass is 10.1. The van der Waals surface area contributed by atoms with Crippen molar-refractivity contribution in [2.24, 2.45) is 0 Å². The normalized spacial score (nSPS) is 12.9. The summed E-state index contributed by atoms with van der Waals surface area (Å²) < 4.78 is 33.9. The first kappa shape index (κ1) is 16.4. The third-order valence-corrected chi connectivity index (χ3v) is 5.62. The van der Waals surface area contributed by atoms with Crippen LogP contribution in [0.3, 0.4) is 0 Å². The summed E-state index contributed by atoms with van der Waals surface area (Å²) in [5.74, 6) is 0.362. The van der Waals surface area contributed by atoms with Crippen molar-refractivity contribution in [1.29, 1.82) is 0 Å². The highest BCUT2D eigenvalue weighted by atomic mass is 32.2. The molecule has 26 heavy (non-hydrogen) atoms. The van der Waals surface area contributed by atoms with Gasteiger partial charge in [-0.2, -0.15) is 0 Å². The lowest BCUT2D eigenvalue weighted by Crippen LogP contribution is -2.13. The number of rotatable bonds is 5. The first-order valence-electron chi connectivity index (χ1n) is 8.12. The van der Waals surface area contributed by atoms with Crippen molar-refractivity contribution in [2.75, 3.05) is 16.6 Å². The quantitative estimate of drug-likeness (QED) is 0.721. The van der Waals surface area contributed by atoms with Gasteiger partial charge in [-0.1, -0.05) is 18.2 Å². The molecule has 0 fully saturated rings. The van der Waals surface area contributed by atoms with Gasteiger partial charge < -0.3 is 10.1 Å². The fourth-order valence-electron chi connectivity index (χ4n) is 3.12. The molecule has 0 unspecified atom stereocenters. The fraction of sp³-hybridized carbons (Fsp3) is 0.105. The minimum atomic E-state index is -3.84. The van der Waals surface area contributed by atoms with E-state index >= 15 is 0 Å². The maximum atomic E-state index is 13.0. The van der Waals surface area contributed by atoms with E-state index < -0.39 is 10.0 Å². The van der Waals surface area contributed by atoms with Crippen molar-refractivity contribution in [2.45, 2.75) is 11.8 Å². The minimum absolute atomic E-state index is 0.122. The van der Waals surface area contributed by atoms with Crippen molar-refractivity contribution in [3.63, 3.8) is 0 Å². The minimum Gasteiger partial charge on any atom is -0.494 e. The van der Waals surface area contributed by atoms with E-state index in [1.54, 1.807) is 48.5 Å². The first-order chi connectivity index (χ1) is 12.5. The molecule has 4 rings (SSSR count). The molecule has 1 amide bonds. The Morgan fingerprint density at radius 2 is 1.88 bits per heavy atom. The summed E-state index contributed by atoms with van der Waals surface area (Å²) >= 11 is 0. The molecule has 1 heterocycles. The van der Waals surface area contributed by atoms with Gasteiger partial charge in [-0.3, -0.25) is 9.52 Å². The molecule has 7 heteroatoms. The zero-order valence-electron chi connectivity index (χ0n) is 13.9. The highest BCUT2D eigenvalue weighted by molar-refractivity contribution is 7.93. The Morgan fingerprint density at radius 1 is 1.08 bits per heavy atom. The van der Waals surface area contributed by atoms with Crippen LogP contribution in [-0.2, 0) is 10.0 Å². The number of nitrogens with one attached hydrogen (secondary N) is 2. The Bertz CT molecular complexity index is 1140. The SMILES string of the molecule is CCOc1cccc(NS(=O)(=O)c2ccc3c4c(cccc24)C(=O)N3)c1. The average molecular weight is 368 g/mol. The molecule has 0 bridgehead atoms. The Kier molecular flexibility index (Phi) is 3.81. The lowest BCUT2D eigenvalue weighted by Gasteiger charge is -2.12. The summed E-state index contributed by atoms with van der Waals surface area (Å²) in [6, 6.07) is 15.0. The van der Waals surface area contributed by atoms with Crippen LogP contribution in [0.15, 0.2) is 59.5 Å². The second-order valence-corrected chi connectivity index (χ2v) is 7.51. The van der Waals surface area contributed by atoms with Crippen LogP contribution in [0.5, 0.6) is 5.75 Å². The lowest BCUT2D eigenvalue weighted by molar-refractivity contribution is 0.103. The Balaban J connectivity index is 1.79. The van der Waals surface area contributed by atoms with E-state index in [1.807, 2.05) is 6.92 Å². The van der Waals surface area contributed by atoms with Crippen molar-refractivity contribution in [1.82, 2.24) is 0 Å². The number of carbonyl (C=O) groups excluding carboxylic acids is 1. The summed E-state index contributed by atoms with van der Waals surface area (Å²) in [5.41, 5.74) is 1.51. The van der Waals surface area contributed by atoms with E-state index in [0.29, 0.717) is 40.1 Å². The van der Waals surface area contributed by atoms with Crippen LogP contribution in [0.1, 0.15) is 17.3 Å². The molecule has 0 aromatic heterocycles. The van der Waals surface area contributed by atoms with E-state index in [9.17, 15) is 13.2 Å². The van der Waals surface area contributed by atoms with Crippen molar-refractivity contribution >= 4 is 38.1 Å². The molecule has 1 aliphatic rings. The molecule has 6 nitrogen and oxygen atoms in total. The van der Waals surface area contributed by atoms with Gasteiger partial charge in [0.25, 0.3) is 15.9 Å². The molecular formula is C19H16N2O4S.